The fourth-order valence-corrected chi connectivity index (χ4v) is 4.71. The molecule has 0 unspecified atom stereocenters. The lowest BCUT2D eigenvalue weighted by Gasteiger charge is -2.22. The highest BCUT2D eigenvalue weighted by atomic mass is 32.2. The number of nitrogens with zero attached hydrogens (tertiary/aromatic N) is 3. The number of ketones is 1. The Morgan fingerprint density at radius 2 is 1.86 bits per heavy atom. The van der Waals surface area contributed by atoms with Crippen LogP contribution in [-0.2, 0) is 11.3 Å². The molecule has 1 spiro atoms. The molecule has 1 aliphatic heterocycles. The molecule has 35 heavy (non-hydrogen) atoms. The molecule has 0 radical (unpaired) electrons. The summed E-state index contributed by atoms with van der Waals surface area (Å²) in [6.07, 6.45) is 3.61. The van der Waals surface area contributed by atoms with Gasteiger partial charge in [-0.2, -0.15) is 13.2 Å². The lowest BCUT2D eigenvalue weighted by molar-refractivity contribution is -0.120. The smallest absolute Gasteiger partial charge is 0.446 e. The van der Waals surface area contributed by atoms with Crippen molar-refractivity contribution in [3.8, 4) is 0 Å². The van der Waals surface area contributed by atoms with Gasteiger partial charge in [-0.3, -0.25) is 9.59 Å². The Balaban J connectivity index is 1.45. The average Bonchev–Trinajstić information content (AvgIpc) is 3.35. The van der Waals surface area contributed by atoms with Gasteiger partial charge in [0.1, 0.15) is 11.4 Å². The van der Waals surface area contributed by atoms with Crippen LogP contribution in [-0.4, -0.2) is 38.7 Å². The number of nitrogens with two attached hydrogens (primary N) is 1. The van der Waals surface area contributed by atoms with E-state index in [1.165, 1.54) is 47.7 Å². The van der Waals surface area contributed by atoms with Crippen molar-refractivity contribution in [2.45, 2.75) is 35.3 Å². The van der Waals surface area contributed by atoms with Crippen LogP contribution < -0.4 is 10.6 Å². The standard InChI is InChI=1S/C23H17F3N4O4S/c24-23(25,26)35-15-5-3-14(4-6-15)30-20(32)22(8-9-22)29(21(30)33)12-13-7-10-28-19(27)17(13)18(31)16-2-1-11-34-16/h1-7,10-11H,8-9,12H2,(H2,27,28). The molecule has 3 aromatic rings. The Kier molecular flexibility index (Phi) is 5.35. The number of carbonyl (C=O) groups excluding carboxylic acids is 3. The van der Waals surface area contributed by atoms with Crippen LogP contribution in [0.3, 0.4) is 0 Å². The fourth-order valence-electron chi connectivity index (χ4n) is 4.18. The van der Waals surface area contributed by atoms with E-state index in [0.29, 0.717) is 18.4 Å². The number of carbonyl (C=O) groups is 3. The van der Waals surface area contributed by atoms with Crippen LogP contribution in [0.5, 0.6) is 0 Å². The molecule has 1 saturated carbocycles. The first-order valence-corrected chi connectivity index (χ1v) is 11.3. The number of thioether (sulfide) groups is 1. The van der Waals surface area contributed by atoms with Crippen LogP contribution >= 0.6 is 11.8 Å². The van der Waals surface area contributed by atoms with Gasteiger partial charge in [0.2, 0.25) is 5.78 Å². The predicted molar refractivity (Wildman–Crippen MR) is 120 cm³/mol. The van der Waals surface area contributed by atoms with E-state index >= 15 is 0 Å². The van der Waals surface area contributed by atoms with Gasteiger partial charge in [-0.15, -0.1) is 0 Å². The Morgan fingerprint density at radius 3 is 2.46 bits per heavy atom. The van der Waals surface area contributed by atoms with Crippen molar-refractivity contribution in [3.05, 3.63) is 71.8 Å². The normalized spacial score (nSPS) is 16.9. The van der Waals surface area contributed by atoms with Gasteiger partial charge in [-0.05, 0) is 72.6 Å². The van der Waals surface area contributed by atoms with Crippen LogP contribution in [0.4, 0.5) is 29.5 Å². The highest BCUT2D eigenvalue weighted by molar-refractivity contribution is 8.00. The van der Waals surface area contributed by atoms with Gasteiger partial charge in [0.15, 0.2) is 5.76 Å². The van der Waals surface area contributed by atoms with Crippen LogP contribution in [0, 0.1) is 0 Å². The molecule has 1 aliphatic carbocycles. The van der Waals surface area contributed by atoms with E-state index in [9.17, 15) is 27.6 Å². The minimum atomic E-state index is -4.45. The zero-order valence-electron chi connectivity index (χ0n) is 17.9. The van der Waals surface area contributed by atoms with Crippen molar-refractivity contribution in [1.82, 2.24) is 9.88 Å². The third-order valence-corrected chi connectivity index (χ3v) is 6.70. The first-order valence-electron chi connectivity index (χ1n) is 10.4. The van der Waals surface area contributed by atoms with Crippen molar-refractivity contribution in [3.63, 3.8) is 0 Å². The number of imide groups is 1. The van der Waals surface area contributed by atoms with E-state index in [-0.39, 0.29) is 46.0 Å². The summed E-state index contributed by atoms with van der Waals surface area (Å²) < 4.78 is 43.1. The van der Waals surface area contributed by atoms with E-state index in [4.69, 9.17) is 10.2 Å². The van der Waals surface area contributed by atoms with Gasteiger partial charge in [0.05, 0.1) is 17.5 Å². The number of pyridine rings is 1. The van der Waals surface area contributed by atoms with Crippen molar-refractivity contribution in [2.75, 3.05) is 10.6 Å². The monoisotopic (exact) mass is 502 g/mol. The molecule has 2 aliphatic rings. The Morgan fingerprint density at radius 1 is 1.14 bits per heavy atom. The molecule has 2 aromatic heterocycles. The van der Waals surface area contributed by atoms with E-state index in [1.54, 1.807) is 12.1 Å². The molecule has 0 bridgehead atoms. The number of halogens is 3. The molecule has 1 aromatic carbocycles. The minimum Gasteiger partial charge on any atom is -0.461 e. The number of benzene rings is 1. The number of nitrogen functional groups attached to an aromatic ring is 1. The molecule has 2 fully saturated rings. The highest BCUT2D eigenvalue weighted by Gasteiger charge is 2.65. The molecule has 180 valence electrons. The summed E-state index contributed by atoms with van der Waals surface area (Å²) >= 11 is -0.284. The lowest BCUT2D eigenvalue weighted by Crippen LogP contribution is -2.37. The quantitative estimate of drug-likeness (QED) is 0.298. The number of furan rings is 1. The minimum absolute atomic E-state index is 0.0404. The number of aromatic nitrogens is 1. The first-order chi connectivity index (χ1) is 16.6. The molecule has 12 heteroatoms. The summed E-state index contributed by atoms with van der Waals surface area (Å²) in [5, 5.41) is 0. The second-order valence-corrected chi connectivity index (χ2v) is 9.26. The Labute approximate surface area is 200 Å². The number of anilines is 2. The Bertz CT molecular complexity index is 1320. The lowest BCUT2D eigenvalue weighted by atomic mass is 10.0. The molecule has 3 amide bonds. The van der Waals surface area contributed by atoms with E-state index in [2.05, 4.69) is 4.98 Å². The van der Waals surface area contributed by atoms with Crippen molar-refractivity contribution < 1.29 is 32.0 Å². The Hall–Kier alpha value is -3.80. The maximum absolute atomic E-state index is 13.4. The average molecular weight is 502 g/mol. The number of hydrogen-bond donors (Lipinski definition) is 1. The molecule has 8 nitrogen and oxygen atoms in total. The zero-order valence-corrected chi connectivity index (χ0v) is 18.7. The molecular formula is C23H17F3N4O4S. The van der Waals surface area contributed by atoms with E-state index < -0.39 is 28.8 Å². The second-order valence-electron chi connectivity index (χ2n) is 8.12. The topological polar surface area (TPSA) is 110 Å². The van der Waals surface area contributed by atoms with Crippen molar-refractivity contribution in [2.24, 2.45) is 0 Å². The third kappa shape index (κ3) is 4.03. The van der Waals surface area contributed by atoms with Crippen molar-refractivity contribution >= 4 is 41.0 Å². The number of amides is 3. The maximum Gasteiger partial charge on any atom is 0.446 e. The number of rotatable bonds is 6. The molecule has 5 rings (SSSR count). The van der Waals surface area contributed by atoms with Gasteiger partial charge >= 0.3 is 11.5 Å². The summed E-state index contributed by atoms with van der Waals surface area (Å²) in [5.74, 6) is -0.955. The molecule has 2 N–H and O–H groups in total. The summed E-state index contributed by atoms with van der Waals surface area (Å²) in [6, 6.07) is 8.98. The summed E-state index contributed by atoms with van der Waals surface area (Å²) in [7, 11) is 0. The SMILES string of the molecule is Nc1nccc(CN2C(=O)N(c3ccc(SC(F)(F)F)cc3)C(=O)C23CC3)c1C(=O)c1ccco1. The van der Waals surface area contributed by atoms with Crippen LogP contribution in [0.25, 0.3) is 0 Å². The molecule has 3 heterocycles. The highest BCUT2D eigenvalue weighted by Crippen LogP contribution is 2.50. The summed E-state index contributed by atoms with van der Waals surface area (Å²) in [4.78, 5) is 45.9. The van der Waals surface area contributed by atoms with Crippen LogP contribution in [0.15, 0.2) is 64.2 Å². The molecule has 1 saturated heterocycles. The van der Waals surface area contributed by atoms with Gasteiger partial charge in [-0.25, -0.2) is 14.7 Å². The number of alkyl halides is 3. The maximum atomic E-state index is 13.4. The molecular weight excluding hydrogens is 485 g/mol. The van der Waals surface area contributed by atoms with E-state index in [0.717, 1.165) is 4.90 Å². The van der Waals surface area contributed by atoms with Crippen LogP contribution in [0.1, 0.15) is 34.5 Å². The summed E-state index contributed by atoms with van der Waals surface area (Å²) in [5.41, 5.74) is 1.10. The molecule has 0 atom stereocenters. The predicted octanol–water partition coefficient (Wildman–Crippen LogP) is 4.60. The van der Waals surface area contributed by atoms with Gasteiger partial charge in [-0.1, -0.05) is 0 Å². The van der Waals surface area contributed by atoms with Crippen LogP contribution in [0.2, 0.25) is 0 Å². The van der Waals surface area contributed by atoms with Gasteiger partial charge in [0, 0.05) is 17.6 Å². The first kappa shape index (κ1) is 23.0. The van der Waals surface area contributed by atoms with Gasteiger partial charge < -0.3 is 15.1 Å². The number of urea groups is 1. The van der Waals surface area contributed by atoms with Crippen molar-refractivity contribution in [1.29, 1.82) is 0 Å². The largest absolute Gasteiger partial charge is 0.461 e. The summed E-state index contributed by atoms with van der Waals surface area (Å²) in [6.45, 7) is -0.0857. The van der Waals surface area contributed by atoms with Gasteiger partial charge in [0.25, 0.3) is 5.91 Å². The fraction of sp³-hybridized carbons (Fsp3) is 0.217. The number of hydrogen-bond acceptors (Lipinski definition) is 7. The van der Waals surface area contributed by atoms with E-state index in [1.807, 2.05) is 0 Å². The zero-order chi connectivity index (χ0) is 25.0. The second kappa shape index (κ2) is 8.15. The third-order valence-electron chi connectivity index (χ3n) is 5.96.